The van der Waals surface area contributed by atoms with E-state index in [1.807, 2.05) is 13.8 Å². The SMILES string of the molecule is Cc1cc(N)nc(-c2cc(C)on2)n1. The first-order valence-corrected chi connectivity index (χ1v) is 4.20. The summed E-state index contributed by atoms with van der Waals surface area (Å²) in [5, 5.41) is 3.81. The van der Waals surface area contributed by atoms with E-state index in [4.69, 9.17) is 10.3 Å². The smallest absolute Gasteiger partial charge is 0.183 e. The molecule has 0 radical (unpaired) electrons. The highest BCUT2D eigenvalue weighted by Crippen LogP contribution is 2.15. The molecule has 2 heterocycles. The van der Waals surface area contributed by atoms with Crippen molar-refractivity contribution in [1.82, 2.24) is 15.1 Å². The van der Waals surface area contributed by atoms with E-state index in [1.165, 1.54) is 0 Å². The summed E-state index contributed by atoms with van der Waals surface area (Å²) in [4.78, 5) is 8.27. The van der Waals surface area contributed by atoms with Crippen molar-refractivity contribution in [3.05, 3.63) is 23.6 Å². The first-order chi connectivity index (χ1) is 6.65. The van der Waals surface area contributed by atoms with Crippen molar-refractivity contribution < 1.29 is 4.52 Å². The van der Waals surface area contributed by atoms with E-state index < -0.39 is 0 Å². The van der Waals surface area contributed by atoms with Gasteiger partial charge in [-0.25, -0.2) is 9.97 Å². The van der Waals surface area contributed by atoms with Gasteiger partial charge in [-0.2, -0.15) is 0 Å². The van der Waals surface area contributed by atoms with Crippen LogP contribution in [0.25, 0.3) is 11.5 Å². The summed E-state index contributed by atoms with van der Waals surface area (Å²) in [7, 11) is 0. The van der Waals surface area contributed by atoms with Crippen LogP contribution in [0.4, 0.5) is 5.82 Å². The summed E-state index contributed by atoms with van der Waals surface area (Å²) in [5.41, 5.74) is 7.02. The minimum absolute atomic E-state index is 0.438. The third kappa shape index (κ3) is 1.56. The molecule has 5 heteroatoms. The predicted octanol–water partition coefficient (Wildman–Crippen LogP) is 1.33. The summed E-state index contributed by atoms with van der Waals surface area (Å²) in [5.74, 6) is 1.66. The van der Waals surface area contributed by atoms with Gasteiger partial charge in [-0.05, 0) is 13.8 Å². The molecular weight excluding hydrogens is 180 g/mol. The molecule has 5 nitrogen and oxygen atoms in total. The summed E-state index contributed by atoms with van der Waals surface area (Å²) in [6.45, 7) is 3.67. The normalized spacial score (nSPS) is 10.4. The zero-order chi connectivity index (χ0) is 10.1. The molecule has 0 aliphatic rings. The molecular formula is C9H10N4O. The van der Waals surface area contributed by atoms with Gasteiger partial charge in [-0.3, -0.25) is 0 Å². The van der Waals surface area contributed by atoms with Crippen LogP contribution in [0.2, 0.25) is 0 Å². The Balaban J connectivity index is 2.51. The molecule has 2 aromatic heterocycles. The van der Waals surface area contributed by atoms with Crippen LogP contribution in [0.5, 0.6) is 0 Å². The average molecular weight is 190 g/mol. The Kier molecular flexibility index (Phi) is 1.92. The maximum absolute atomic E-state index is 5.59. The third-order valence-electron chi connectivity index (χ3n) is 1.73. The lowest BCUT2D eigenvalue weighted by Crippen LogP contribution is -1.97. The van der Waals surface area contributed by atoms with E-state index in [0.29, 0.717) is 17.3 Å². The van der Waals surface area contributed by atoms with Gasteiger partial charge in [0.25, 0.3) is 0 Å². The van der Waals surface area contributed by atoms with Gasteiger partial charge in [-0.15, -0.1) is 0 Å². The third-order valence-corrected chi connectivity index (χ3v) is 1.73. The quantitative estimate of drug-likeness (QED) is 0.733. The minimum atomic E-state index is 0.438. The van der Waals surface area contributed by atoms with Gasteiger partial charge in [0.2, 0.25) is 0 Å². The number of rotatable bonds is 1. The zero-order valence-corrected chi connectivity index (χ0v) is 7.98. The number of hydrogen-bond acceptors (Lipinski definition) is 5. The van der Waals surface area contributed by atoms with Crippen LogP contribution in [-0.2, 0) is 0 Å². The van der Waals surface area contributed by atoms with Crippen molar-refractivity contribution in [1.29, 1.82) is 0 Å². The molecule has 0 unspecified atom stereocenters. The zero-order valence-electron chi connectivity index (χ0n) is 7.98. The fraction of sp³-hybridized carbons (Fsp3) is 0.222. The number of aryl methyl sites for hydroxylation is 2. The highest BCUT2D eigenvalue weighted by atomic mass is 16.5. The van der Waals surface area contributed by atoms with Crippen molar-refractivity contribution in [3.63, 3.8) is 0 Å². The van der Waals surface area contributed by atoms with Gasteiger partial charge >= 0.3 is 0 Å². The number of nitrogens with two attached hydrogens (primary N) is 1. The Morgan fingerprint density at radius 1 is 1.21 bits per heavy atom. The lowest BCUT2D eigenvalue weighted by Gasteiger charge is -1.98. The van der Waals surface area contributed by atoms with Gasteiger partial charge < -0.3 is 10.3 Å². The van der Waals surface area contributed by atoms with Crippen LogP contribution in [0.1, 0.15) is 11.5 Å². The lowest BCUT2D eigenvalue weighted by atomic mass is 10.3. The van der Waals surface area contributed by atoms with Gasteiger partial charge in [0, 0.05) is 17.8 Å². The molecule has 0 atom stereocenters. The van der Waals surface area contributed by atoms with Crippen LogP contribution in [0, 0.1) is 13.8 Å². The first-order valence-electron chi connectivity index (χ1n) is 4.20. The summed E-state index contributed by atoms with van der Waals surface area (Å²) >= 11 is 0. The molecule has 72 valence electrons. The van der Waals surface area contributed by atoms with Crippen molar-refractivity contribution in [2.24, 2.45) is 0 Å². The molecule has 0 saturated carbocycles. The molecule has 0 fully saturated rings. The second kappa shape index (κ2) is 3.10. The van der Waals surface area contributed by atoms with Crippen LogP contribution < -0.4 is 5.73 Å². The molecule has 14 heavy (non-hydrogen) atoms. The topological polar surface area (TPSA) is 77.8 Å². The number of anilines is 1. The maximum Gasteiger partial charge on any atom is 0.183 e. The summed E-state index contributed by atoms with van der Waals surface area (Å²) in [6, 6.07) is 3.48. The summed E-state index contributed by atoms with van der Waals surface area (Å²) in [6.07, 6.45) is 0. The Morgan fingerprint density at radius 2 is 2.00 bits per heavy atom. The molecule has 0 amide bonds. The Morgan fingerprint density at radius 3 is 2.57 bits per heavy atom. The Labute approximate surface area is 81.0 Å². The molecule has 0 aliphatic heterocycles. The van der Waals surface area contributed by atoms with E-state index in [-0.39, 0.29) is 0 Å². The van der Waals surface area contributed by atoms with E-state index in [1.54, 1.807) is 12.1 Å². The maximum atomic E-state index is 5.59. The number of nitrogen functional groups attached to an aromatic ring is 1. The highest BCUT2D eigenvalue weighted by molar-refractivity contribution is 5.51. The molecule has 0 aliphatic carbocycles. The van der Waals surface area contributed by atoms with Gasteiger partial charge in [0.1, 0.15) is 11.6 Å². The van der Waals surface area contributed by atoms with Gasteiger partial charge in [0.15, 0.2) is 11.5 Å². The monoisotopic (exact) mass is 190 g/mol. The number of hydrogen-bond donors (Lipinski definition) is 1. The van der Waals surface area contributed by atoms with Crippen LogP contribution in [0.15, 0.2) is 16.7 Å². The Bertz CT molecular complexity index is 443. The molecule has 0 aromatic carbocycles. The largest absolute Gasteiger partial charge is 0.384 e. The van der Waals surface area contributed by atoms with Gasteiger partial charge in [-0.1, -0.05) is 5.16 Å². The second-order valence-electron chi connectivity index (χ2n) is 3.08. The van der Waals surface area contributed by atoms with E-state index in [9.17, 15) is 0 Å². The molecule has 0 spiro atoms. The fourth-order valence-electron chi connectivity index (χ4n) is 1.18. The minimum Gasteiger partial charge on any atom is -0.384 e. The molecule has 2 rings (SSSR count). The van der Waals surface area contributed by atoms with E-state index >= 15 is 0 Å². The highest BCUT2D eigenvalue weighted by Gasteiger charge is 2.07. The summed E-state index contributed by atoms with van der Waals surface area (Å²) < 4.78 is 4.93. The van der Waals surface area contributed by atoms with E-state index in [0.717, 1.165) is 11.5 Å². The molecule has 0 saturated heterocycles. The van der Waals surface area contributed by atoms with Crippen LogP contribution in [0.3, 0.4) is 0 Å². The van der Waals surface area contributed by atoms with Crippen LogP contribution in [-0.4, -0.2) is 15.1 Å². The predicted molar refractivity (Wildman–Crippen MR) is 51.4 cm³/mol. The van der Waals surface area contributed by atoms with Crippen LogP contribution >= 0.6 is 0 Å². The van der Waals surface area contributed by atoms with Crippen molar-refractivity contribution in [3.8, 4) is 11.5 Å². The number of nitrogens with zero attached hydrogens (tertiary/aromatic N) is 3. The van der Waals surface area contributed by atoms with Crippen molar-refractivity contribution in [2.45, 2.75) is 13.8 Å². The molecule has 0 bridgehead atoms. The fourth-order valence-corrected chi connectivity index (χ4v) is 1.18. The standard InChI is InChI=1S/C9H10N4O/c1-5-3-8(10)12-9(11-5)7-4-6(2)14-13-7/h3-4H,1-2H3,(H2,10,11,12). The van der Waals surface area contributed by atoms with E-state index in [2.05, 4.69) is 15.1 Å². The Hall–Kier alpha value is -1.91. The second-order valence-corrected chi connectivity index (χ2v) is 3.08. The van der Waals surface area contributed by atoms with Gasteiger partial charge in [0.05, 0.1) is 0 Å². The van der Waals surface area contributed by atoms with Crippen molar-refractivity contribution in [2.75, 3.05) is 5.73 Å². The lowest BCUT2D eigenvalue weighted by molar-refractivity contribution is 0.399. The van der Waals surface area contributed by atoms with Crippen molar-refractivity contribution >= 4 is 5.82 Å². The first kappa shape index (κ1) is 8.68. The molecule has 2 N–H and O–H groups in total. The number of aromatic nitrogens is 3. The average Bonchev–Trinajstić information content (AvgIpc) is 2.50. The molecule has 2 aromatic rings.